The van der Waals surface area contributed by atoms with Gasteiger partial charge in [0.25, 0.3) is 5.91 Å². The van der Waals surface area contributed by atoms with Gasteiger partial charge in [0.15, 0.2) is 0 Å². The van der Waals surface area contributed by atoms with Crippen LogP contribution >= 0.6 is 0 Å². The molecule has 0 radical (unpaired) electrons. The molecule has 3 rings (SSSR count). The monoisotopic (exact) mass is 386 g/mol. The van der Waals surface area contributed by atoms with Crippen molar-refractivity contribution in [1.82, 2.24) is 4.90 Å². The maximum Gasteiger partial charge on any atom is 0.257 e. The lowest BCUT2D eigenvalue weighted by Gasteiger charge is -2.26. The van der Waals surface area contributed by atoms with Crippen molar-refractivity contribution in [2.45, 2.75) is 6.42 Å². The van der Waals surface area contributed by atoms with Crippen molar-refractivity contribution in [3.05, 3.63) is 53.8 Å². The number of carbonyl (C=O) groups excluding carboxylic acids is 2. The average Bonchev–Trinajstić information content (AvgIpc) is 2.70. The van der Waals surface area contributed by atoms with Crippen molar-refractivity contribution in [3.8, 4) is 0 Å². The minimum Gasteiger partial charge on any atom is -0.398 e. The summed E-state index contributed by atoms with van der Waals surface area (Å²) in [5, 5.41) is 5.23. The summed E-state index contributed by atoms with van der Waals surface area (Å²) in [6.07, 6.45) is 0.247. The lowest BCUT2D eigenvalue weighted by atomic mass is 10.1. The normalized spacial score (nSPS) is 14.5. The van der Waals surface area contributed by atoms with E-state index in [-0.39, 0.29) is 18.0 Å². The molecule has 1 heterocycles. The summed E-state index contributed by atoms with van der Waals surface area (Å²) >= 11 is 0. The molecule has 0 spiro atoms. The highest BCUT2D eigenvalue weighted by molar-refractivity contribution is 6.08. The quantitative estimate of drug-likeness (QED) is 0.662. The largest absolute Gasteiger partial charge is 0.398 e. The first kappa shape index (κ1) is 19.8. The van der Waals surface area contributed by atoms with Gasteiger partial charge in [-0.1, -0.05) is 12.1 Å². The third-order valence-corrected chi connectivity index (χ3v) is 4.46. The second kappa shape index (κ2) is 9.29. The molecule has 1 aliphatic heterocycles. The van der Waals surface area contributed by atoms with Crippen LogP contribution in [0.4, 0.5) is 21.5 Å². The van der Waals surface area contributed by atoms with Crippen molar-refractivity contribution in [2.75, 3.05) is 49.2 Å². The smallest absolute Gasteiger partial charge is 0.257 e. The molecule has 0 unspecified atom stereocenters. The summed E-state index contributed by atoms with van der Waals surface area (Å²) in [5.74, 6) is -1.27. The van der Waals surface area contributed by atoms with Crippen LogP contribution in [0.5, 0.6) is 0 Å². The van der Waals surface area contributed by atoms with E-state index in [0.29, 0.717) is 36.7 Å². The Morgan fingerprint density at radius 1 is 1.11 bits per heavy atom. The molecule has 1 aliphatic rings. The molecule has 0 atom stereocenters. The fourth-order valence-corrected chi connectivity index (χ4v) is 2.90. The van der Waals surface area contributed by atoms with Gasteiger partial charge in [0.1, 0.15) is 5.82 Å². The maximum atomic E-state index is 14.1. The van der Waals surface area contributed by atoms with E-state index >= 15 is 0 Å². The van der Waals surface area contributed by atoms with E-state index in [1.807, 2.05) is 0 Å². The number of nitrogens with two attached hydrogens (primary N) is 1. The van der Waals surface area contributed by atoms with Crippen LogP contribution in [0.15, 0.2) is 42.5 Å². The van der Waals surface area contributed by atoms with Gasteiger partial charge in [0.2, 0.25) is 5.91 Å². The molecule has 8 heteroatoms. The van der Waals surface area contributed by atoms with Crippen LogP contribution in [0.3, 0.4) is 0 Å². The number of nitrogens with zero attached hydrogens (tertiary/aromatic N) is 1. The van der Waals surface area contributed by atoms with Crippen molar-refractivity contribution in [3.63, 3.8) is 0 Å². The van der Waals surface area contributed by atoms with E-state index in [2.05, 4.69) is 15.5 Å². The number of halogens is 1. The molecule has 28 heavy (non-hydrogen) atoms. The number of nitrogens with one attached hydrogen (secondary N) is 2. The fraction of sp³-hybridized carbons (Fsp3) is 0.300. The zero-order valence-corrected chi connectivity index (χ0v) is 15.4. The molecule has 1 fully saturated rings. The van der Waals surface area contributed by atoms with Crippen molar-refractivity contribution < 1.29 is 18.7 Å². The average molecular weight is 386 g/mol. The standard InChI is InChI=1S/C20H23FN4O3/c21-16-6-5-14(23-20(27)15-3-1-2-4-17(15)22)13-18(16)24-19(26)7-8-25-9-11-28-12-10-25/h1-6,13H,7-12,22H2,(H,23,27)(H,24,26). The van der Waals surface area contributed by atoms with Crippen molar-refractivity contribution in [1.29, 1.82) is 0 Å². The molecule has 0 aromatic heterocycles. The highest BCUT2D eigenvalue weighted by Gasteiger charge is 2.14. The SMILES string of the molecule is Nc1ccccc1C(=O)Nc1ccc(F)c(NC(=O)CCN2CCOCC2)c1. The van der Waals surface area contributed by atoms with E-state index in [1.54, 1.807) is 24.3 Å². The van der Waals surface area contributed by atoms with Gasteiger partial charge in [0, 0.05) is 37.4 Å². The van der Waals surface area contributed by atoms with Crippen molar-refractivity contribution >= 4 is 28.9 Å². The number of hydrogen-bond acceptors (Lipinski definition) is 5. The minimum atomic E-state index is -0.572. The summed E-state index contributed by atoms with van der Waals surface area (Å²) in [6.45, 7) is 3.46. The number of morpholine rings is 1. The van der Waals surface area contributed by atoms with Crippen LogP contribution in [0.25, 0.3) is 0 Å². The second-order valence-electron chi connectivity index (χ2n) is 6.49. The minimum absolute atomic E-state index is 0.0193. The van der Waals surface area contributed by atoms with Crippen LogP contribution in [0.2, 0.25) is 0 Å². The highest BCUT2D eigenvalue weighted by atomic mass is 19.1. The number of anilines is 3. The number of ether oxygens (including phenoxy) is 1. The summed E-state index contributed by atoms with van der Waals surface area (Å²) < 4.78 is 19.3. The van der Waals surface area contributed by atoms with E-state index < -0.39 is 11.7 Å². The molecule has 7 nitrogen and oxygen atoms in total. The molecule has 148 valence electrons. The number of nitrogen functional groups attached to an aromatic ring is 1. The molecular formula is C20H23FN4O3. The lowest BCUT2D eigenvalue weighted by molar-refractivity contribution is -0.116. The molecule has 0 bridgehead atoms. The first-order valence-corrected chi connectivity index (χ1v) is 9.08. The molecule has 1 saturated heterocycles. The summed E-state index contributed by atoms with van der Waals surface area (Å²) in [7, 11) is 0. The molecule has 2 aromatic rings. The Hall–Kier alpha value is -2.97. The van der Waals surface area contributed by atoms with Gasteiger partial charge < -0.3 is 21.1 Å². The van der Waals surface area contributed by atoms with Crippen LogP contribution in [0.1, 0.15) is 16.8 Å². The fourth-order valence-electron chi connectivity index (χ4n) is 2.90. The van der Waals surface area contributed by atoms with Gasteiger partial charge in [-0.25, -0.2) is 4.39 Å². The second-order valence-corrected chi connectivity index (χ2v) is 6.49. The topological polar surface area (TPSA) is 96.7 Å². The molecule has 2 aromatic carbocycles. The number of rotatable bonds is 6. The van der Waals surface area contributed by atoms with Crippen LogP contribution in [-0.2, 0) is 9.53 Å². The Morgan fingerprint density at radius 2 is 1.86 bits per heavy atom. The third-order valence-electron chi connectivity index (χ3n) is 4.46. The summed E-state index contributed by atoms with van der Waals surface area (Å²) in [5.41, 5.74) is 6.85. The highest BCUT2D eigenvalue weighted by Crippen LogP contribution is 2.21. The van der Waals surface area contributed by atoms with Gasteiger partial charge in [-0.3, -0.25) is 14.5 Å². The van der Waals surface area contributed by atoms with E-state index in [4.69, 9.17) is 10.5 Å². The van der Waals surface area contributed by atoms with Gasteiger partial charge in [-0.2, -0.15) is 0 Å². The van der Waals surface area contributed by atoms with E-state index in [9.17, 15) is 14.0 Å². The Balaban J connectivity index is 1.60. The Kier molecular flexibility index (Phi) is 6.57. The van der Waals surface area contributed by atoms with Gasteiger partial charge in [-0.15, -0.1) is 0 Å². The van der Waals surface area contributed by atoms with Gasteiger partial charge in [-0.05, 0) is 30.3 Å². The number of benzene rings is 2. The molecule has 0 saturated carbocycles. The Morgan fingerprint density at radius 3 is 2.61 bits per heavy atom. The predicted molar refractivity (Wildman–Crippen MR) is 106 cm³/mol. The van der Waals surface area contributed by atoms with Crippen LogP contribution in [0, 0.1) is 5.82 Å². The predicted octanol–water partition coefficient (Wildman–Crippen LogP) is 2.32. The Labute approximate surface area is 162 Å². The first-order chi connectivity index (χ1) is 13.5. The number of carbonyl (C=O) groups is 2. The molecular weight excluding hydrogens is 363 g/mol. The number of para-hydroxylation sites is 1. The summed E-state index contributed by atoms with van der Waals surface area (Å²) in [6, 6.07) is 10.7. The molecule has 2 amide bonds. The summed E-state index contributed by atoms with van der Waals surface area (Å²) in [4.78, 5) is 26.6. The number of amides is 2. The lowest BCUT2D eigenvalue weighted by Crippen LogP contribution is -2.38. The molecule has 4 N–H and O–H groups in total. The van der Waals surface area contributed by atoms with Crippen LogP contribution in [-0.4, -0.2) is 49.6 Å². The zero-order valence-electron chi connectivity index (χ0n) is 15.4. The third kappa shape index (κ3) is 5.28. The van der Waals surface area contributed by atoms with Crippen LogP contribution < -0.4 is 16.4 Å². The van der Waals surface area contributed by atoms with E-state index in [1.165, 1.54) is 18.2 Å². The molecule has 0 aliphatic carbocycles. The van der Waals surface area contributed by atoms with Crippen molar-refractivity contribution in [2.24, 2.45) is 0 Å². The first-order valence-electron chi connectivity index (χ1n) is 9.08. The number of hydrogen-bond donors (Lipinski definition) is 3. The van der Waals surface area contributed by atoms with Gasteiger partial charge >= 0.3 is 0 Å². The van der Waals surface area contributed by atoms with Gasteiger partial charge in [0.05, 0.1) is 24.5 Å². The zero-order chi connectivity index (χ0) is 19.9. The Bertz CT molecular complexity index is 853. The van der Waals surface area contributed by atoms with E-state index in [0.717, 1.165) is 13.1 Å². The maximum absolute atomic E-state index is 14.1.